The molecule has 0 N–H and O–H groups in total. The molecule has 1 amide bonds. The summed E-state index contributed by atoms with van der Waals surface area (Å²) in [6.07, 6.45) is 0.187. The highest BCUT2D eigenvalue weighted by atomic mass is 19.1. The molecule has 0 heterocycles. The Morgan fingerprint density at radius 2 is 1.82 bits per heavy atom. The third kappa shape index (κ3) is 6.09. The van der Waals surface area contributed by atoms with Gasteiger partial charge >= 0.3 is 6.09 Å². The molecular formula is C22H32FNO4. The summed E-state index contributed by atoms with van der Waals surface area (Å²) in [7, 11) is 3.21. The third-order valence-electron chi connectivity index (χ3n) is 4.06. The van der Waals surface area contributed by atoms with Crippen LogP contribution in [0.5, 0.6) is 5.75 Å². The van der Waals surface area contributed by atoms with Gasteiger partial charge in [-0.25, -0.2) is 9.18 Å². The third-order valence-corrected chi connectivity index (χ3v) is 4.06. The number of hydrogen-bond acceptors (Lipinski definition) is 4. The molecule has 0 atom stereocenters. The van der Waals surface area contributed by atoms with Crippen molar-refractivity contribution in [3.8, 4) is 5.75 Å². The van der Waals surface area contributed by atoms with Crippen LogP contribution in [0.25, 0.3) is 10.8 Å². The number of ether oxygens (including phenoxy) is 1. The van der Waals surface area contributed by atoms with E-state index in [1.54, 1.807) is 20.2 Å². The van der Waals surface area contributed by atoms with E-state index >= 15 is 0 Å². The molecule has 156 valence electrons. The van der Waals surface area contributed by atoms with Gasteiger partial charge in [0.25, 0.3) is 0 Å². The van der Waals surface area contributed by atoms with Crippen molar-refractivity contribution in [2.24, 2.45) is 0 Å². The summed E-state index contributed by atoms with van der Waals surface area (Å²) in [6, 6.07) is 6.93. The number of amides is 1. The summed E-state index contributed by atoms with van der Waals surface area (Å²) in [5.74, 6) is 0.553. The van der Waals surface area contributed by atoms with Crippen molar-refractivity contribution in [1.82, 2.24) is 4.90 Å². The fraction of sp³-hybridized carbons (Fsp3) is 0.500. The number of rotatable bonds is 7. The predicted molar refractivity (Wildman–Crippen MR) is 110 cm³/mol. The maximum absolute atomic E-state index is 14.2. The normalized spacial score (nSPS) is 10.5. The van der Waals surface area contributed by atoms with Crippen molar-refractivity contribution < 1.29 is 23.7 Å². The van der Waals surface area contributed by atoms with E-state index in [-0.39, 0.29) is 24.9 Å². The smallest absolute Gasteiger partial charge is 0.409 e. The van der Waals surface area contributed by atoms with Crippen LogP contribution in [-0.4, -0.2) is 38.3 Å². The predicted octanol–water partition coefficient (Wildman–Crippen LogP) is 5.70. The molecule has 0 aliphatic carbocycles. The van der Waals surface area contributed by atoms with Crippen molar-refractivity contribution in [3.05, 3.63) is 41.2 Å². The first kappa shape index (κ1) is 23.7. The summed E-state index contributed by atoms with van der Waals surface area (Å²) >= 11 is 0. The summed E-state index contributed by atoms with van der Waals surface area (Å²) < 4.78 is 19.1. The minimum Gasteiger partial charge on any atom is -0.447 e. The minimum atomic E-state index is -0.435. The van der Waals surface area contributed by atoms with Crippen LogP contribution in [0.15, 0.2) is 24.3 Å². The molecule has 0 unspecified atom stereocenters. The van der Waals surface area contributed by atoms with Gasteiger partial charge in [0, 0.05) is 14.1 Å². The molecule has 0 saturated carbocycles. The van der Waals surface area contributed by atoms with Crippen molar-refractivity contribution in [1.29, 1.82) is 0 Å². The Hall–Kier alpha value is -2.34. The van der Waals surface area contributed by atoms with Gasteiger partial charge in [0.2, 0.25) is 0 Å². The largest absolute Gasteiger partial charge is 0.447 e. The number of benzene rings is 2. The maximum atomic E-state index is 14.2. The van der Waals surface area contributed by atoms with Gasteiger partial charge in [-0.2, -0.15) is 4.89 Å². The molecule has 0 fully saturated rings. The summed E-state index contributed by atoms with van der Waals surface area (Å²) in [5, 5.41) is 1.85. The molecule has 2 aromatic carbocycles. The van der Waals surface area contributed by atoms with Gasteiger partial charge in [0.15, 0.2) is 5.75 Å². The molecule has 2 rings (SSSR count). The van der Waals surface area contributed by atoms with Gasteiger partial charge in [0.05, 0.1) is 0 Å². The molecule has 0 bridgehead atoms. The number of fused-ring (bicyclic) bond motifs is 1. The van der Waals surface area contributed by atoms with Crippen LogP contribution >= 0.6 is 0 Å². The number of hydrogen-bond donors (Lipinski definition) is 0. The number of carbonyl (C=O) groups is 1. The van der Waals surface area contributed by atoms with E-state index in [1.165, 1.54) is 11.0 Å². The Kier molecular flexibility index (Phi) is 9.73. The van der Waals surface area contributed by atoms with Crippen molar-refractivity contribution in [3.63, 3.8) is 0 Å². The van der Waals surface area contributed by atoms with Gasteiger partial charge in [-0.15, -0.1) is 0 Å². The monoisotopic (exact) mass is 393 g/mol. The zero-order chi connectivity index (χ0) is 21.3. The highest BCUT2D eigenvalue weighted by Gasteiger charge is 2.15. The van der Waals surface area contributed by atoms with E-state index in [4.69, 9.17) is 14.5 Å². The lowest BCUT2D eigenvalue weighted by molar-refractivity contribution is -0.212. The van der Waals surface area contributed by atoms with Crippen molar-refractivity contribution >= 4 is 16.9 Å². The molecule has 0 aromatic heterocycles. The second-order valence-electron chi connectivity index (χ2n) is 6.56. The zero-order valence-electron chi connectivity index (χ0n) is 18.0. The van der Waals surface area contributed by atoms with Gasteiger partial charge < -0.3 is 14.5 Å². The average molecular weight is 393 g/mol. The van der Waals surface area contributed by atoms with E-state index in [0.717, 1.165) is 16.3 Å². The van der Waals surface area contributed by atoms with Gasteiger partial charge in [-0.1, -0.05) is 40.7 Å². The zero-order valence-corrected chi connectivity index (χ0v) is 18.0. The van der Waals surface area contributed by atoms with Gasteiger partial charge in [-0.3, -0.25) is 0 Å². The molecular weight excluding hydrogens is 361 g/mol. The SMILES string of the molecule is CC.CCc1c(F)ccc2cc(OOCCOC(=O)N(C)C)cc(C(C)C)c12. The molecule has 0 aliphatic heterocycles. The van der Waals surface area contributed by atoms with Crippen LogP contribution in [0.1, 0.15) is 51.7 Å². The lowest BCUT2D eigenvalue weighted by Crippen LogP contribution is -2.24. The summed E-state index contributed by atoms with van der Waals surface area (Å²) in [6.45, 7) is 10.3. The number of aryl methyl sites for hydroxylation is 1. The van der Waals surface area contributed by atoms with Crippen LogP contribution in [0.3, 0.4) is 0 Å². The standard InChI is InChI=1S/C20H26FNO4.C2H6/c1-6-16-18(21)8-7-14-11-15(12-17(13(2)3)19(14)16)26-25-10-9-24-20(23)22(4)5;1-2/h7-8,11-13H,6,9-10H2,1-5H3;1-2H3. The quantitative estimate of drug-likeness (QED) is 0.344. The van der Waals surface area contributed by atoms with Gasteiger partial charge in [0.1, 0.15) is 19.0 Å². The first-order chi connectivity index (χ1) is 13.3. The van der Waals surface area contributed by atoms with Crippen LogP contribution in [0.4, 0.5) is 9.18 Å². The Morgan fingerprint density at radius 1 is 1.14 bits per heavy atom. The highest BCUT2D eigenvalue weighted by Crippen LogP contribution is 2.34. The topological polar surface area (TPSA) is 48.0 Å². The van der Waals surface area contributed by atoms with E-state index in [2.05, 4.69) is 13.8 Å². The van der Waals surface area contributed by atoms with Crippen LogP contribution in [0, 0.1) is 5.82 Å². The fourth-order valence-corrected chi connectivity index (χ4v) is 2.77. The molecule has 2 aromatic rings. The van der Waals surface area contributed by atoms with E-state index < -0.39 is 6.09 Å². The lowest BCUT2D eigenvalue weighted by Gasteiger charge is -2.16. The maximum Gasteiger partial charge on any atom is 0.409 e. The van der Waals surface area contributed by atoms with E-state index in [9.17, 15) is 9.18 Å². The molecule has 28 heavy (non-hydrogen) atoms. The number of nitrogens with zero attached hydrogens (tertiary/aromatic N) is 1. The number of carbonyl (C=O) groups excluding carboxylic acids is 1. The molecule has 0 radical (unpaired) electrons. The second-order valence-corrected chi connectivity index (χ2v) is 6.56. The van der Waals surface area contributed by atoms with Crippen LogP contribution < -0.4 is 4.89 Å². The Balaban J connectivity index is 0.00000190. The second kappa shape index (κ2) is 11.5. The summed E-state index contributed by atoms with van der Waals surface area (Å²) in [5.41, 5.74) is 1.73. The van der Waals surface area contributed by atoms with Crippen molar-refractivity contribution in [2.45, 2.75) is 47.0 Å². The fourth-order valence-electron chi connectivity index (χ4n) is 2.77. The first-order valence-corrected chi connectivity index (χ1v) is 9.73. The molecule has 5 nitrogen and oxygen atoms in total. The van der Waals surface area contributed by atoms with E-state index in [1.807, 2.05) is 32.9 Å². The number of halogens is 1. The Labute approximate surface area is 167 Å². The van der Waals surface area contributed by atoms with Gasteiger partial charge in [-0.05, 0) is 52.4 Å². The molecule has 0 saturated heterocycles. The van der Waals surface area contributed by atoms with Crippen LogP contribution in [-0.2, 0) is 16.0 Å². The summed E-state index contributed by atoms with van der Waals surface area (Å²) in [4.78, 5) is 23.1. The average Bonchev–Trinajstić information content (AvgIpc) is 2.68. The lowest BCUT2D eigenvalue weighted by atomic mass is 9.91. The minimum absolute atomic E-state index is 0.0901. The van der Waals surface area contributed by atoms with Crippen molar-refractivity contribution in [2.75, 3.05) is 27.3 Å². The molecule has 0 aliphatic rings. The van der Waals surface area contributed by atoms with Crippen LogP contribution in [0.2, 0.25) is 0 Å². The molecule has 0 spiro atoms. The first-order valence-electron chi connectivity index (χ1n) is 9.73. The Bertz CT molecular complexity index is 775. The van der Waals surface area contributed by atoms with E-state index in [0.29, 0.717) is 17.7 Å². The highest BCUT2D eigenvalue weighted by molar-refractivity contribution is 5.90. The Morgan fingerprint density at radius 3 is 2.39 bits per heavy atom. The molecule has 6 heteroatoms.